The number of benzene rings is 1. The van der Waals surface area contributed by atoms with Gasteiger partial charge in [0.15, 0.2) is 10.9 Å². The van der Waals surface area contributed by atoms with E-state index in [1.54, 1.807) is 7.11 Å². The van der Waals surface area contributed by atoms with Gasteiger partial charge in [-0.05, 0) is 34.1 Å². The molecule has 0 bridgehead atoms. The van der Waals surface area contributed by atoms with E-state index in [-0.39, 0.29) is 5.56 Å². The first kappa shape index (κ1) is 13.1. The molecule has 2 N–H and O–H groups in total. The Bertz CT molecular complexity index is 830. The SMILES string of the molecule is COc1ccc2nc(Nc3nc[nH]c(=O)c3Br)sc2c1. The van der Waals surface area contributed by atoms with E-state index in [2.05, 4.69) is 36.2 Å². The van der Waals surface area contributed by atoms with Gasteiger partial charge in [-0.2, -0.15) is 0 Å². The molecule has 0 saturated heterocycles. The van der Waals surface area contributed by atoms with E-state index in [9.17, 15) is 4.79 Å². The summed E-state index contributed by atoms with van der Waals surface area (Å²) in [6, 6.07) is 5.65. The van der Waals surface area contributed by atoms with Crippen LogP contribution in [0.1, 0.15) is 0 Å². The maximum Gasteiger partial charge on any atom is 0.267 e. The van der Waals surface area contributed by atoms with E-state index in [1.807, 2.05) is 18.2 Å². The first-order chi connectivity index (χ1) is 9.67. The first-order valence-corrected chi connectivity index (χ1v) is 7.23. The number of thiazole rings is 1. The number of halogens is 1. The highest BCUT2D eigenvalue weighted by atomic mass is 79.9. The maximum atomic E-state index is 11.5. The molecule has 1 aromatic carbocycles. The van der Waals surface area contributed by atoms with E-state index in [4.69, 9.17) is 4.74 Å². The van der Waals surface area contributed by atoms with Gasteiger partial charge >= 0.3 is 0 Å². The van der Waals surface area contributed by atoms with Crippen LogP contribution in [0, 0.1) is 0 Å². The van der Waals surface area contributed by atoms with Crippen LogP contribution >= 0.6 is 27.3 Å². The molecular formula is C12H9BrN4O2S. The van der Waals surface area contributed by atoms with Gasteiger partial charge in [0, 0.05) is 0 Å². The fourth-order valence-corrected chi connectivity index (χ4v) is 2.87. The molecule has 2 aromatic heterocycles. The van der Waals surface area contributed by atoms with Crippen LogP contribution in [0.3, 0.4) is 0 Å². The van der Waals surface area contributed by atoms with Crippen molar-refractivity contribution in [3.63, 3.8) is 0 Å². The van der Waals surface area contributed by atoms with Crippen LogP contribution in [0.4, 0.5) is 10.9 Å². The lowest BCUT2D eigenvalue weighted by atomic mass is 10.3. The molecule has 3 rings (SSSR count). The van der Waals surface area contributed by atoms with Gasteiger partial charge in [-0.3, -0.25) is 4.79 Å². The predicted octanol–water partition coefficient (Wildman–Crippen LogP) is 2.89. The second-order valence-corrected chi connectivity index (χ2v) is 5.70. The van der Waals surface area contributed by atoms with Crippen molar-refractivity contribution in [2.24, 2.45) is 0 Å². The van der Waals surface area contributed by atoms with Gasteiger partial charge in [0.05, 0.1) is 23.7 Å². The van der Waals surface area contributed by atoms with Crippen molar-refractivity contribution in [3.05, 3.63) is 39.4 Å². The third-order valence-electron chi connectivity index (χ3n) is 2.62. The van der Waals surface area contributed by atoms with Crippen molar-refractivity contribution in [1.82, 2.24) is 15.0 Å². The molecule has 0 radical (unpaired) electrons. The number of ether oxygens (including phenoxy) is 1. The minimum atomic E-state index is -0.245. The highest BCUT2D eigenvalue weighted by molar-refractivity contribution is 9.10. The fourth-order valence-electron chi connectivity index (χ4n) is 1.66. The number of hydrogen-bond donors (Lipinski definition) is 2. The molecule has 6 nitrogen and oxygen atoms in total. The number of aromatic amines is 1. The Balaban J connectivity index is 1.98. The third kappa shape index (κ3) is 2.39. The molecule has 2 heterocycles. The van der Waals surface area contributed by atoms with Crippen molar-refractivity contribution in [2.75, 3.05) is 12.4 Å². The molecule has 0 saturated carbocycles. The molecule has 0 aliphatic carbocycles. The molecule has 0 aliphatic heterocycles. The number of hydrogen-bond acceptors (Lipinski definition) is 6. The van der Waals surface area contributed by atoms with Crippen molar-refractivity contribution >= 4 is 48.4 Å². The summed E-state index contributed by atoms with van der Waals surface area (Å²) in [5.74, 6) is 1.21. The van der Waals surface area contributed by atoms with E-state index in [0.29, 0.717) is 15.4 Å². The number of nitrogens with one attached hydrogen (secondary N) is 2. The van der Waals surface area contributed by atoms with Crippen molar-refractivity contribution in [1.29, 1.82) is 0 Å². The van der Waals surface area contributed by atoms with Crippen molar-refractivity contribution < 1.29 is 4.74 Å². The summed E-state index contributed by atoms with van der Waals surface area (Å²) < 4.78 is 6.52. The molecule has 3 aromatic rings. The Kier molecular flexibility index (Phi) is 3.41. The molecule has 8 heteroatoms. The van der Waals surface area contributed by atoms with E-state index in [0.717, 1.165) is 16.0 Å². The molecule has 0 amide bonds. The zero-order valence-electron chi connectivity index (χ0n) is 10.3. The van der Waals surface area contributed by atoms with Crippen molar-refractivity contribution in [3.8, 4) is 5.75 Å². The Morgan fingerprint density at radius 3 is 3.10 bits per heavy atom. The van der Waals surface area contributed by atoms with Gasteiger partial charge in [0.25, 0.3) is 5.56 Å². The fraction of sp³-hybridized carbons (Fsp3) is 0.0833. The molecule has 0 atom stereocenters. The summed E-state index contributed by atoms with van der Waals surface area (Å²) >= 11 is 4.65. The van der Waals surface area contributed by atoms with Gasteiger partial charge in [0.1, 0.15) is 10.2 Å². The van der Waals surface area contributed by atoms with Crippen LogP contribution in [0.2, 0.25) is 0 Å². The lowest BCUT2D eigenvalue weighted by Gasteiger charge is -2.01. The smallest absolute Gasteiger partial charge is 0.267 e. The number of rotatable bonds is 3. The predicted molar refractivity (Wildman–Crippen MR) is 82.0 cm³/mol. The normalized spacial score (nSPS) is 10.7. The van der Waals surface area contributed by atoms with Gasteiger partial charge < -0.3 is 15.0 Å². The Morgan fingerprint density at radius 2 is 2.30 bits per heavy atom. The monoisotopic (exact) mass is 352 g/mol. The molecule has 20 heavy (non-hydrogen) atoms. The van der Waals surface area contributed by atoms with Crippen LogP contribution in [-0.4, -0.2) is 22.1 Å². The van der Waals surface area contributed by atoms with Crippen LogP contribution in [0.5, 0.6) is 5.75 Å². The van der Waals surface area contributed by atoms with Crippen LogP contribution in [-0.2, 0) is 0 Å². The molecule has 102 valence electrons. The van der Waals surface area contributed by atoms with E-state index >= 15 is 0 Å². The average Bonchev–Trinajstić information content (AvgIpc) is 2.85. The lowest BCUT2D eigenvalue weighted by Crippen LogP contribution is -2.09. The average molecular weight is 353 g/mol. The first-order valence-electron chi connectivity index (χ1n) is 5.62. The zero-order chi connectivity index (χ0) is 14.1. The highest BCUT2D eigenvalue weighted by Crippen LogP contribution is 2.31. The molecular weight excluding hydrogens is 344 g/mol. The van der Waals surface area contributed by atoms with E-state index in [1.165, 1.54) is 17.7 Å². The summed E-state index contributed by atoms with van der Waals surface area (Å²) in [5.41, 5.74) is 0.615. The van der Waals surface area contributed by atoms with Crippen LogP contribution in [0.15, 0.2) is 33.8 Å². The van der Waals surface area contributed by atoms with E-state index < -0.39 is 0 Å². The summed E-state index contributed by atoms with van der Waals surface area (Å²) in [4.78, 5) is 22.4. The largest absolute Gasteiger partial charge is 0.497 e. The minimum Gasteiger partial charge on any atom is -0.497 e. The lowest BCUT2D eigenvalue weighted by molar-refractivity contribution is 0.415. The summed E-state index contributed by atoms with van der Waals surface area (Å²) in [5, 5.41) is 3.69. The van der Waals surface area contributed by atoms with Gasteiger partial charge in [-0.25, -0.2) is 9.97 Å². The number of methoxy groups -OCH3 is 1. The third-order valence-corrected chi connectivity index (χ3v) is 4.29. The highest BCUT2D eigenvalue weighted by Gasteiger charge is 2.09. The topological polar surface area (TPSA) is 79.9 Å². The number of aromatic nitrogens is 3. The molecule has 0 fully saturated rings. The van der Waals surface area contributed by atoms with Gasteiger partial charge in [0.2, 0.25) is 0 Å². The maximum absolute atomic E-state index is 11.5. The standard InChI is InChI=1S/C12H9BrN4O2S/c1-19-6-2-3-7-8(4-6)20-12(16-7)17-10-9(13)11(18)15-5-14-10/h2-5H,1H3,(H2,14,15,16,17,18). The molecule has 0 unspecified atom stereocenters. The zero-order valence-corrected chi connectivity index (χ0v) is 12.7. The van der Waals surface area contributed by atoms with Crippen LogP contribution in [0.25, 0.3) is 10.2 Å². The number of fused-ring (bicyclic) bond motifs is 1. The second kappa shape index (κ2) is 5.22. The Labute approximate surface area is 126 Å². The van der Waals surface area contributed by atoms with Gasteiger partial charge in [-0.1, -0.05) is 11.3 Å². The molecule has 0 spiro atoms. The van der Waals surface area contributed by atoms with Crippen molar-refractivity contribution in [2.45, 2.75) is 0 Å². The molecule has 0 aliphatic rings. The summed E-state index contributed by atoms with van der Waals surface area (Å²) in [6.07, 6.45) is 1.34. The minimum absolute atomic E-state index is 0.245. The number of H-pyrrole nitrogens is 1. The van der Waals surface area contributed by atoms with Gasteiger partial charge in [-0.15, -0.1) is 0 Å². The number of anilines is 2. The summed E-state index contributed by atoms with van der Waals surface area (Å²) in [7, 11) is 1.62. The van der Waals surface area contributed by atoms with Crippen LogP contribution < -0.4 is 15.6 Å². The quantitative estimate of drug-likeness (QED) is 0.757. The summed E-state index contributed by atoms with van der Waals surface area (Å²) in [6.45, 7) is 0. The Hall–Kier alpha value is -1.93. The number of nitrogens with zero attached hydrogens (tertiary/aromatic N) is 2. The second-order valence-electron chi connectivity index (χ2n) is 3.87. The Morgan fingerprint density at radius 1 is 1.45 bits per heavy atom.